The molecule has 0 unspecified atom stereocenters. The number of carbonyl (C=O) groups excluding carboxylic acids is 2. The molecule has 0 spiro atoms. The second kappa shape index (κ2) is 7.43. The standard InChI is InChI=1S/C16H13ClF3N3O2/c1-9(24)21-11-3-5-12(6-4-11)22-15(25)23-14-8-10(16(18,19)20)2-7-13(14)17/h2-8H,1H3,(H,21,24)(H2,22,23,25). The first-order valence-corrected chi connectivity index (χ1v) is 7.35. The SMILES string of the molecule is CC(=O)Nc1ccc(NC(=O)Nc2cc(C(F)(F)F)ccc2Cl)cc1. The summed E-state index contributed by atoms with van der Waals surface area (Å²) in [5.74, 6) is -0.238. The fourth-order valence-electron chi connectivity index (χ4n) is 1.92. The highest BCUT2D eigenvalue weighted by Gasteiger charge is 2.31. The van der Waals surface area contributed by atoms with Gasteiger partial charge in [0.1, 0.15) is 0 Å². The lowest BCUT2D eigenvalue weighted by molar-refractivity contribution is -0.137. The Morgan fingerprint density at radius 1 is 0.920 bits per heavy atom. The van der Waals surface area contributed by atoms with Gasteiger partial charge in [-0.15, -0.1) is 0 Å². The minimum absolute atomic E-state index is 0.0239. The number of hydrogen-bond donors (Lipinski definition) is 3. The molecule has 0 atom stereocenters. The summed E-state index contributed by atoms with van der Waals surface area (Å²) in [5.41, 5.74) is -0.162. The molecule has 0 radical (unpaired) electrons. The van der Waals surface area contributed by atoms with Gasteiger partial charge >= 0.3 is 12.2 Å². The van der Waals surface area contributed by atoms with Gasteiger partial charge in [-0.3, -0.25) is 4.79 Å². The summed E-state index contributed by atoms with van der Waals surface area (Å²) in [5, 5.41) is 7.26. The summed E-state index contributed by atoms with van der Waals surface area (Å²) in [6, 6.07) is 8.06. The van der Waals surface area contributed by atoms with Crippen molar-refractivity contribution < 1.29 is 22.8 Å². The molecule has 3 amide bonds. The van der Waals surface area contributed by atoms with Gasteiger partial charge in [0.15, 0.2) is 0 Å². The fourth-order valence-corrected chi connectivity index (χ4v) is 2.09. The van der Waals surface area contributed by atoms with E-state index in [1.54, 1.807) is 12.1 Å². The maximum Gasteiger partial charge on any atom is 0.416 e. The van der Waals surface area contributed by atoms with Crippen molar-refractivity contribution in [1.82, 2.24) is 0 Å². The zero-order valence-corrected chi connectivity index (χ0v) is 13.6. The molecule has 2 aromatic rings. The molecule has 25 heavy (non-hydrogen) atoms. The maximum atomic E-state index is 12.7. The first kappa shape index (κ1) is 18.6. The third kappa shape index (κ3) is 5.39. The molecule has 0 heterocycles. The second-order valence-electron chi connectivity index (χ2n) is 5.03. The largest absolute Gasteiger partial charge is 0.416 e. The number of rotatable bonds is 3. The van der Waals surface area contributed by atoms with E-state index in [2.05, 4.69) is 16.0 Å². The lowest BCUT2D eigenvalue weighted by Crippen LogP contribution is -2.20. The van der Waals surface area contributed by atoms with E-state index in [1.807, 2.05) is 0 Å². The van der Waals surface area contributed by atoms with E-state index < -0.39 is 17.8 Å². The highest BCUT2D eigenvalue weighted by molar-refractivity contribution is 6.33. The fraction of sp³-hybridized carbons (Fsp3) is 0.125. The number of urea groups is 1. The predicted molar refractivity (Wildman–Crippen MR) is 89.8 cm³/mol. The van der Waals surface area contributed by atoms with Crippen LogP contribution in [0.5, 0.6) is 0 Å². The molecule has 2 aromatic carbocycles. The van der Waals surface area contributed by atoms with Crippen molar-refractivity contribution in [2.45, 2.75) is 13.1 Å². The van der Waals surface area contributed by atoms with Crippen LogP contribution in [-0.2, 0) is 11.0 Å². The van der Waals surface area contributed by atoms with Crippen LogP contribution in [0.15, 0.2) is 42.5 Å². The van der Waals surface area contributed by atoms with Crippen molar-refractivity contribution in [3.63, 3.8) is 0 Å². The summed E-state index contributed by atoms with van der Waals surface area (Å²) < 4.78 is 38.1. The molecule has 132 valence electrons. The van der Waals surface area contributed by atoms with Crippen LogP contribution in [0, 0.1) is 0 Å². The lowest BCUT2D eigenvalue weighted by Gasteiger charge is -2.12. The number of halogens is 4. The van der Waals surface area contributed by atoms with Gasteiger partial charge in [0.2, 0.25) is 5.91 Å². The van der Waals surface area contributed by atoms with Gasteiger partial charge in [0.25, 0.3) is 0 Å². The molecule has 3 N–H and O–H groups in total. The van der Waals surface area contributed by atoms with E-state index in [9.17, 15) is 22.8 Å². The summed E-state index contributed by atoms with van der Waals surface area (Å²) >= 11 is 5.81. The topological polar surface area (TPSA) is 70.2 Å². The van der Waals surface area contributed by atoms with Crippen LogP contribution >= 0.6 is 11.6 Å². The molecule has 0 saturated heterocycles. The van der Waals surface area contributed by atoms with Crippen LogP contribution in [0.25, 0.3) is 0 Å². The van der Waals surface area contributed by atoms with E-state index in [0.29, 0.717) is 11.4 Å². The summed E-state index contributed by atoms with van der Waals surface area (Å²) in [7, 11) is 0. The normalized spacial score (nSPS) is 10.9. The minimum atomic E-state index is -4.54. The van der Waals surface area contributed by atoms with E-state index in [-0.39, 0.29) is 16.6 Å². The van der Waals surface area contributed by atoms with Crippen molar-refractivity contribution in [2.75, 3.05) is 16.0 Å². The summed E-state index contributed by atoms with van der Waals surface area (Å²) in [6.07, 6.45) is -4.54. The lowest BCUT2D eigenvalue weighted by atomic mass is 10.2. The van der Waals surface area contributed by atoms with Crippen LogP contribution in [0.2, 0.25) is 5.02 Å². The molecule has 0 fully saturated rings. The molecule has 0 aliphatic rings. The Morgan fingerprint density at radius 2 is 1.48 bits per heavy atom. The van der Waals surface area contributed by atoms with Gasteiger partial charge in [-0.1, -0.05) is 11.6 Å². The van der Waals surface area contributed by atoms with Crippen molar-refractivity contribution in [2.24, 2.45) is 0 Å². The quantitative estimate of drug-likeness (QED) is 0.713. The van der Waals surface area contributed by atoms with E-state index in [4.69, 9.17) is 11.6 Å². The molecule has 0 aromatic heterocycles. The zero-order valence-electron chi connectivity index (χ0n) is 12.9. The van der Waals surface area contributed by atoms with E-state index in [0.717, 1.165) is 18.2 Å². The van der Waals surface area contributed by atoms with E-state index >= 15 is 0 Å². The minimum Gasteiger partial charge on any atom is -0.326 e. The van der Waals surface area contributed by atoms with Crippen LogP contribution in [0.4, 0.5) is 35.0 Å². The average Bonchev–Trinajstić information content (AvgIpc) is 2.50. The van der Waals surface area contributed by atoms with Crippen LogP contribution in [0.3, 0.4) is 0 Å². The highest BCUT2D eigenvalue weighted by atomic mass is 35.5. The monoisotopic (exact) mass is 371 g/mol. The first-order valence-electron chi connectivity index (χ1n) is 6.97. The molecule has 2 rings (SSSR count). The molecule has 5 nitrogen and oxygen atoms in total. The van der Waals surface area contributed by atoms with Crippen molar-refractivity contribution in [3.05, 3.63) is 53.1 Å². The molecule has 0 saturated carbocycles. The highest BCUT2D eigenvalue weighted by Crippen LogP contribution is 2.33. The number of carbonyl (C=O) groups is 2. The maximum absolute atomic E-state index is 12.7. The van der Waals surface area contributed by atoms with Crippen LogP contribution in [0.1, 0.15) is 12.5 Å². The average molecular weight is 372 g/mol. The Morgan fingerprint density at radius 3 is 2.00 bits per heavy atom. The van der Waals surface area contributed by atoms with E-state index in [1.165, 1.54) is 19.1 Å². The van der Waals surface area contributed by atoms with Gasteiger partial charge in [-0.2, -0.15) is 13.2 Å². The van der Waals surface area contributed by atoms with Gasteiger partial charge in [-0.05, 0) is 42.5 Å². The van der Waals surface area contributed by atoms with Gasteiger partial charge in [0.05, 0.1) is 16.3 Å². The number of alkyl halides is 3. The Labute approximate surface area is 146 Å². The summed E-state index contributed by atoms with van der Waals surface area (Å²) in [6.45, 7) is 1.36. The molecule has 0 aliphatic carbocycles. The number of hydrogen-bond acceptors (Lipinski definition) is 2. The predicted octanol–water partition coefficient (Wildman–Crippen LogP) is 4.96. The number of nitrogens with one attached hydrogen (secondary N) is 3. The number of anilines is 3. The van der Waals surface area contributed by atoms with Gasteiger partial charge in [-0.25, -0.2) is 4.79 Å². The van der Waals surface area contributed by atoms with Crippen LogP contribution in [-0.4, -0.2) is 11.9 Å². The van der Waals surface area contributed by atoms with Gasteiger partial charge < -0.3 is 16.0 Å². The molecular formula is C16H13ClF3N3O2. The molecule has 0 aliphatic heterocycles. The van der Waals surface area contributed by atoms with Gasteiger partial charge in [0, 0.05) is 18.3 Å². The van der Waals surface area contributed by atoms with Crippen LogP contribution < -0.4 is 16.0 Å². The Hall–Kier alpha value is -2.74. The van der Waals surface area contributed by atoms with Crippen molar-refractivity contribution >= 4 is 40.6 Å². The second-order valence-corrected chi connectivity index (χ2v) is 5.44. The Balaban J connectivity index is 2.06. The van der Waals surface area contributed by atoms with Crippen molar-refractivity contribution in [3.8, 4) is 0 Å². The molecular weight excluding hydrogens is 359 g/mol. The zero-order chi connectivity index (χ0) is 18.6. The smallest absolute Gasteiger partial charge is 0.326 e. The molecule has 0 bridgehead atoms. The Kier molecular flexibility index (Phi) is 5.53. The number of amides is 3. The summed E-state index contributed by atoms with van der Waals surface area (Å²) in [4.78, 5) is 22.9. The number of benzene rings is 2. The molecule has 9 heteroatoms. The third-order valence-corrected chi connectivity index (χ3v) is 3.33. The first-order chi connectivity index (χ1) is 11.6. The third-order valence-electron chi connectivity index (χ3n) is 3.01. The Bertz CT molecular complexity index is 792. The van der Waals surface area contributed by atoms with Crippen molar-refractivity contribution in [1.29, 1.82) is 0 Å².